The highest BCUT2D eigenvalue weighted by molar-refractivity contribution is 5.81. The Bertz CT molecular complexity index is 446. The molecule has 0 unspecified atom stereocenters. The molecule has 1 amide bonds. The number of carbonyl (C=O) groups is 1. The summed E-state index contributed by atoms with van der Waals surface area (Å²) >= 11 is 0. The third-order valence-corrected chi connectivity index (χ3v) is 3.99. The molecule has 1 aromatic carbocycles. The van der Waals surface area contributed by atoms with E-state index in [4.69, 9.17) is 0 Å². The van der Waals surface area contributed by atoms with Gasteiger partial charge in [-0.1, -0.05) is 64.4 Å². The van der Waals surface area contributed by atoms with Crippen molar-refractivity contribution in [3.63, 3.8) is 0 Å². The van der Waals surface area contributed by atoms with Gasteiger partial charge < -0.3 is 5.32 Å². The SMILES string of the molecule is CCC(C)(C)C(=O)NCC(C)(C)c1cccc(C)c1. The largest absolute Gasteiger partial charge is 0.355 e. The second kappa shape index (κ2) is 5.77. The summed E-state index contributed by atoms with van der Waals surface area (Å²) in [5.41, 5.74) is 2.18. The molecule has 0 atom stereocenters. The number of rotatable bonds is 5. The van der Waals surface area contributed by atoms with Gasteiger partial charge in [0.25, 0.3) is 0 Å². The van der Waals surface area contributed by atoms with E-state index in [1.54, 1.807) is 0 Å². The normalized spacial score (nSPS) is 12.3. The molecule has 0 aliphatic rings. The van der Waals surface area contributed by atoms with E-state index in [1.165, 1.54) is 11.1 Å². The summed E-state index contributed by atoms with van der Waals surface area (Å²) in [6.45, 7) is 13.1. The van der Waals surface area contributed by atoms with Gasteiger partial charge in [-0.15, -0.1) is 0 Å². The molecule has 0 heterocycles. The first-order chi connectivity index (χ1) is 8.69. The second-order valence-electron chi connectivity index (χ2n) is 6.67. The summed E-state index contributed by atoms with van der Waals surface area (Å²) in [7, 11) is 0. The molecule has 1 aromatic rings. The number of nitrogens with one attached hydrogen (secondary N) is 1. The summed E-state index contributed by atoms with van der Waals surface area (Å²) < 4.78 is 0. The van der Waals surface area contributed by atoms with Crippen molar-refractivity contribution >= 4 is 5.91 Å². The zero-order chi connectivity index (χ0) is 14.7. The molecule has 2 heteroatoms. The summed E-state index contributed by atoms with van der Waals surface area (Å²) in [4.78, 5) is 12.1. The van der Waals surface area contributed by atoms with Gasteiger partial charge in [0.05, 0.1) is 0 Å². The van der Waals surface area contributed by atoms with Crippen LogP contribution in [0, 0.1) is 12.3 Å². The van der Waals surface area contributed by atoms with Gasteiger partial charge in [0, 0.05) is 17.4 Å². The van der Waals surface area contributed by atoms with E-state index in [9.17, 15) is 4.79 Å². The van der Waals surface area contributed by atoms with Gasteiger partial charge >= 0.3 is 0 Å². The minimum Gasteiger partial charge on any atom is -0.355 e. The maximum absolute atomic E-state index is 12.1. The van der Waals surface area contributed by atoms with Crippen molar-refractivity contribution in [2.24, 2.45) is 5.41 Å². The molecular weight excluding hydrogens is 234 g/mol. The molecule has 106 valence electrons. The van der Waals surface area contributed by atoms with Crippen molar-refractivity contribution in [1.82, 2.24) is 5.32 Å². The van der Waals surface area contributed by atoms with Crippen LogP contribution >= 0.6 is 0 Å². The van der Waals surface area contributed by atoms with Crippen LogP contribution in [0.3, 0.4) is 0 Å². The van der Waals surface area contributed by atoms with Crippen molar-refractivity contribution < 1.29 is 4.79 Å². The van der Waals surface area contributed by atoms with E-state index in [1.807, 2.05) is 20.8 Å². The van der Waals surface area contributed by atoms with Gasteiger partial charge in [0.1, 0.15) is 0 Å². The Balaban J connectivity index is 2.73. The van der Waals surface area contributed by atoms with Gasteiger partial charge in [-0.05, 0) is 18.9 Å². The Morgan fingerprint density at radius 2 is 1.84 bits per heavy atom. The van der Waals surface area contributed by atoms with E-state index in [0.29, 0.717) is 6.54 Å². The summed E-state index contributed by atoms with van der Waals surface area (Å²) in [6.07, 6.45) is 0.851. The highest BCUT2D eigenvalue weighted by Crippen LogP contribution is 2.24. The van der Waals surface area contributed by atoms with Crippen LogP contribution in [0.15, 0.2) is 24.3 Å². The zero-order valence-electron chi connectivity index (χ0n) is 13.1. The zero-order valence-corrected chi connectivity index (χ0v) is 13.1. The Morgan fingerprint density at radius 1 is 1.21 bits per heavy atom. The lowest BCUT2D eigenvalue weighted by Gasteiger charge is -2.29. The fourth-order valence-electron chi connectivity index (χ4n) is 1.87. The third kappa shape index (κ3) is 4.09. The molecule has 19 heavy (non-hydrogen) atoms. The fraction of sp³-hybridized carbons (Fsp3) is 0.588. The first-order valence-corrected chi connectivity index (χ1v) is 7.04. The molecule has 0 fully saturated rings. The predicted octanol–water partition coefficient (Wildman–Crippen LogP) is 3.83. The van der Waals surface area contributed by atoms with Gasteiger partial charge in [0.15, 0.2) is 0 Å². The minimum atomic E-state index is -0.289. The standard InChI is InChI=1S/C17H27NO/c1-7-16(3,4)15(19)18-12-17(5,6)14-10-8-9-13(2)11-14/h8-11H,7,12H2,1-6H3,(H,18,19). The Hall–Kier alpha value is -1.31. The van der Waals surface area contributed by atoms with Gasteiger partial charge in [-0.2, -0.15) is 0 Å². The Kier molecular flexibility index (Phi) is 4.78. The van der Waals surface area contributed by atoms with Crippen molar-refractivity contribution in [1.29, 1.82) is 0 Å². The quantitative estimate of drug-likeness (QED) is 0.857. The van der Waals surface area contributed by atoms with E-state index in [2.05, 4.69) is 50.4 Å². The number of aryl methyl sites for hydroxylation is 1. The molecule has 1 rings (SSSR count). The minimum absolute atomic E-state index is 0.0501. The number of benzene rings is 1. The van der Waals surface area contributed by atoms with Crippen LogP contribution in [0.1, 0.15) is 52.2 Å². The van der Waals surface area contributed by atoms with Crippen LogP contribution in [-0.4, -0.2) is 12.5 Å². The molecule has 0 aliphatic carbocycles. The van der Waals surface area contributed by atoms with E-state index in [0.717, 1.165) is 6.42 Å². The van der Waals surface area contributed by atoms with Gasteiger partial charge in [-0.25, -0.2) is 0 Å². The van der Waals surface area contributed by atoms with Crippen molar-refractivity contribution in [3.05, 3.63) is 35.4 Å². The molecule has 0 saturated heterocycles. The highest BCUT2D eigenvalue weighted by Gasteiger charge is 2.28. The lowest BCUT2D eigenvalue weighted by atomic mass is 9.83. The average molecular weight is 261 g/mol. The number of amides is 1. The molecule has 0 saturated carbocycles. The van der Waals surface area contributed by atoms with Crippen LogP contribution < -0.4 is 5.32 Å². The average Bonchev–Trinajstić information content (AvgIpc) is 2.36. The maximum Gasteiger partial charge on any atom is 0.225 e. The van der Waals surface area contributed by atoms with Crippen LogP contribution in [0.5, 0.6) is 0 Å². The number of hydrogen-bond donors (Lipinski definition) is 1. The lowest BCUT2D eigenvalue weighted by molar-refractivity contribution is -0.129. The van der Waals surface area contributed by atoms with Crippen LogP contribution in [-0.2, 0) is 10.2 Å². The van der Waals surface area contributed by atoms with E-state index >= 15 is 0 Å². The molecule has 0 radical (unpaired) electrons. The highest BCUT2D eigenvalue weighted by atomic mass is 16.2. The van der Waals surface area contributed by atoms with Crippen LogP contribution in [0.4, 0.5) is 0 Å². The van der Waals surface area contributed by atoms with E-state index < -0.39 is 0 Å². The Labute approximate surface area is 117 Å². The predicted molar refractivity (Wildman–Crippen MR) is 81.3 cm³/mol. The molecule has 1 N–H and O–H groups in total. The van der Waals surface area contributed by atoms with Gasteiger partial charge in [-0.3, -0.25) is 4.79 Å². The smallest absolute Gasteiger partial charge is 0.225 e. The lowest BCUT2D eigenvalue weighted by Crippen LogP contribution is -2.42. The monoisotopic (exact) mass is 261 g/mol. The first-order valence-electron chi connectivity index (χ1n) is 7.04. The molecular formula is C17H27NO. The molecule has 2 nitrogen and oxygen atoms in total. The molecule has 0 aliphatic heterocycles. The van der Waals surface area contributed by atoms with Crippen molar-refractivity contribution in [2.75, 3.05) is 6.54 Å². The van der Waals surface area contributed by atoms with Crippen molar-refractivity contribution in [3.8, 4) is 0 Å². The van der Waals surface area contributed by atoms with E-state index in [-0.39, 0.29) is 16.7 Å². The third-order valence-electron chi connectivity index (χ3n) is 3.99. The Morgan fingerprint density at radius 3 is 2.37 bits per heavy atom. The number of hydrogen-bond acceptors (Lipinski definition) is 1. The molecule has 0 spiro atoms. The topological polar surface area (TPSA) is 29.1 Å². The number of carbonyl (C=O) groups excluding carboxylic acids is 1. The summed E-state index contributed by atoms with van der Waals surface area (Å²) in [5.74, 6) is 0.135. The fourth-order valence-corrected chi connectivity index (χ4v) is 1.87. The summed E-state index contributed by atoms with van der Waals surface area (Å²) in [5, 5.41) is 3.09. The summed E-state index contributed by atoms with van der Waals surface area (Å²) in [6, 6.07) is 8.49. The second-order valence-corrected chi connectivity index (χ2v) is 6.67. The molecule has 0 aromatic heterocycles. The van der Waals surface area contributed by atoms with Gasteiger partial charge in [0.2, 0.25) is 5.91 Å². The van der Waals surface area contributed by atoms with Crippen LogP contribution in [0.2, 0.25) is 0 Å². The molecule has 0 bridgehead atoms. The van der Waals surface area contributed by atoms with Crippen molar-refractivity contribution in [2.45, 2.75) is 53.4 Å². The first kappa shape index (κ1) is 15.7. The van der Waals surface area contributed by atoms with Crippen LogP contribution in [0.25, 0.3) is 0 Å². The maximum atomic E-state index is 12.1.